The van der Waals surface area contributed by atoms with Crippen LogP contribution < -0.4 is 4.74 Å². The summed E-state index contributed by atoms with van der Waals surface area (Å²) in [4.78, 5) is 21.9. The largest absolute Gasteiger partial charge is 0.489 e. The van der Waals surface area contributed by atoms with Crippen molar-refractivity contribution >= 4 is 23.0 Å². The third kappa shape index (κ3) is 4.62. The summed E-state index contributed by atoms with van der Waals surface area (Å²) in [5, 5.41) is 10.7. The van der Waals surface area contributed by atoms with Crippen molar-refractivity contribution in [1.29, 1.82) is 5.26 Å². The number of pyridine rings is 1. The maximum absolute atomic E-state index is 12.3. The lowest BCUT2D eigenvalue weighted by atomic mass is 10.0. The van der Waals surface area contributed by atoms with Gasteiger partial charge in [0.1, 0.15) is 23.6 Å². The lowest BCUT2D eigenvalue weighted by molar-refractivity contribution is -0.124. The first-order chi connectivity index (χ1) is 16.2. The summed E-state index contributed by atoms with van der Waals surface area (Å²) in [5.41, 5.74) is 3.99. The number of ether oxygens (including phenoxy) is 2. The molecule has 0 spiro atoms. The number of carbonyl (C=O) groups is 1. The summed E-state index contributed by atoms with van der Waals surface area (Å²) < 4.78 is 11.5. The van der Waals surface area contributed by atoms with Gasteiger partial charge in [0.15, 0.2) is 0 Å². The van der Waals surface area contributed by atoms with E-state index in [0.29, 0.717) is 24.5 Å². The average Bonchev–Trinajstić information content (AvgIpc) is 3.54. The maximum atomic E-state index is 12.3. The number of likely N-dealkylation sites (tertiary alicyclic amines) is 1. The third-order valence-electron chi connectivity index (χ3n) is 6.26. The molecule has 7 heteroatoms. The Morgan fingerprint density at radius 2 is 2.06 bits per heavy atom. The summed E-state index contributed by atoms with van der Waals surface area (Å²) >= 11 is 0. The molecule has 5 rings (SSSR count). The first-order valence-corrected chi connectivity index (χ1v) is 11.4. The van der Waals surface area contributed by atoms with Crippen molar-refractivity contribution in [3.05, 3.63) is 53.9 Å². The van der Waals surface area contributed by atoms with Gasteiger partial charge in [-0.3, -0.25) is 4.79 Å². The minimum absolute atomic E-state index is 0.0423. The summed E-state index contributed by atoms with van der Waals surface area (Å²) in [5.74, 6) is 0.649. The van der Waals surface area contributed by atoms with E-state index in [-0.39, 0.29) is 12.0 Å². The Morgan fingerprint density at radius 1 is 1.24 bits per heavy atom. The second kappa shape index (κ2) is 9.47. The molecule has 1 amide bonds. The van der Waals surface area contributed by atoms with E-state index >= 15 is 0 Å². The standard InChI is InChI=1S/C26H26N4O3/c27-15-20-14-19(4-5-24(20)33-21-7-11-32-12-8-21)23-17-29-26-22(23)13-18(16-28-26)3-6-25(31)30-9-1-2-10-30/h3-6,13-14,16-17,21H,1-2,7-12H2,(H,28,29). The average molecular weight is 443 g/mol. The lowest BCUT2D eigenvalue weighted by Crippen LogP contribution is -2.26. The predicted molar refractivity (Wildman–Crippen MR) is 126 cm³/mol. The monoisotopic (exact) mass is 442 g/mol. The minimum Gasteiger partial charge on any atom is -0.489 e. The summed E-state index contributed by atoms with van der Waals surface area (Å²) in [6.45, 7) is 3.04. The van der Waals surface area contributed by atoms with Crippen LogP contribution in [0.2, 0.25) is 0 Å². The van der Waals surface area contributed by atoms with Gasteiger partial charge in [-0.2, -0.15) is 5.26 Å². The number of nitrogens with zero attached hydrogens (tertiary/aromatic N) is 3. The topological polar surface area (TPSA) is 91.2 Å². The molecule has 2 aromatic heterocycles. The van der Waals surface area contributed by atoms with Crippen molar-refractivity contribution < 1.29 is 14.3 Å². The molecule has 0 unspecified atom stereocenters. The van der Waals surface area contributed by atoms with Crippen molar-refractivity contribution in [2.75, 3.05) is 26.3 Å². The van der Waals surface area contributed by atoms with E-state index < -0.39 is 0 Å². The van der Waals surface area contributed by atoms with E-state index in [1.807, 2.05) is 41.4 Å². The van der Waals surface area contributed by atoms with E-state index in [1.54, 1.807) is 12.3 Å². The van der Waals surface area contributed by atoms with Crippen LogP contribution in [-0.2, 0) is 9.53 Å². The van der Waals surface area contributed by atoms with Gasteiger partial charge in [0.2, 0.25) is 5.91 Å². The molecular weight excluding hydrogens is 416 g/mol. The van der Waals surface area contributed by atoms with Crippen LogP contribution in [0.15, 0.2) is 42.7 Å². The molecule has 0 aliphatic carbocycles. The molecule has 168 valence electrons. The zero-order valence-electron chi connectivity index (χ0n) is 18.4. The molecule has 1 aromatic carbocycles. The molecule has 7 nitrogen and oxygen atoms in total. The minimum atomic E-state index is 0.0423. The smallest absolute Gasteiger partial charge is 0.246 e. The summed E-state index contributed by atoms with van der Waals surface area (Å²) in [6.07, 6.45) is 11.0. The first kappa shape index (κ1) is 21.2. The highest BCUT2D eigenvalue weighted by atomic mass is 16.5. The normalized spacial score (nSPS) is 17.0. The highest BCUT2D eigenvalue weighted by Crippen LogP contribution is 2.32. The van der Waals surface area contributed by atoms with Gasteiger partial charge in [0.25, 0.3) is 0 Å². The molecule has 33 heavy (non-hydrogen) atoms. The van der Waals surface area contributed by atoms with E-state index in [2.05, 4.69) is 16.0 Å². The number of nitrogens with one attached hydrogen (secondary N) is 1. The van der Waals surface area contributed by atoms with Gasteiger partial charge in [-0.15, -0.1) is 0 Å². The van der Waals surface area contributed by atoms with Crippen LogP contribution in [0.4, 0.5) is 0 Å². The van der Waals surface area contributed by atoms with Crippen LogP contribution in [0.25, 0.3) is 28.2 Å². The number of carbonyl (C=O) groups excluding carboxylic acids is 1. The molecule has 0 atom stereocenters. The predicted octanol–water partition coefficient (Wildman–Crippen LogP) is 4.29. The Labute approximate surface area is 192 Å². The number of rotatable bonds is 5. The summed E-state index contributed by atoms with van der Waals surface area (Å²) in [6, 6.07) is 9.98. The molecular formula is C26H26N4O3. The second-order valence-corrected chi connectivity index (χ2v) is 8.49. The molecule has 0 radical (unpaired) electrons. The number of fused-ring (bicyclic) bond motifs is 1. The van der Waals surface area contributed by atoms with Gasteiger partial charge in [0, 0.05) is 55.4 Å². The third-order valence-corrected chi connectivity index (χ3v) is 6.26. The van der Waals surface area contributed by atoms with Crippen LogP contribution in [0, 0.1) is 11.3 Å². The Hall–Kier alpha value is -3.63. The van der Waals surface area contributed by atoms with Gasteiger partial charge in [-0.05, 0) is 48.2 Å². The fraction of sp³-hybridized carbons (Fsp3) is 0.346. The van der Waals surface area contributed by atoms with Gasteiger partial charge >= 0.3 is 0 Å². The van der Waals surface area contributed by atoms with Crippen molar-refractivity contribution in [2.24, 2.45) is 0 Å². The van der Waals surface area contributed by atoms with Crippen LogP contribution in [0.3, 0.4) is 0 Å². The highest BCUT2D eigenvalue weighted by molar-refractivity contribution is 5.96. The Morgan fingerprint density at radius 3 is 2.85 bits per heavy atom. The zero-order chi connectivity index (χ0) is 22.6. The van der Waals surface area contributed by atoms with Crippen molar-refractivity contribution in [3.8, 4) is 22.9 Å². The Balaban J connectivity index is 1.40. The first-order valence-electron chi connectivity index (χ1n) is 11.4. The lowest BCUT2D eigenvalue weighted by Gasteiger charge is -2.23. The Kier molecular flexibility index (Phi) is 6.09. The molecule has 0 saturated carbocycles. The fourth-order valence-electron chi connectivity index (χ4n) is 4.42. The second-order valence-electron chi connectivity index (χ2n) is 8.49. The number of hydrogen-bond donors (Lipinski definition) is 1. The molecule has 2 saturated heterocycles. The van der Waals surface area contributed by atoms with Crippen LogP contribution in [-0.4, -0.2) is 53.2 Å². The van der Waals surface area contributed by atoms with E-state index in [4.69, 9.17) is 9.47 Å². The van der Waals surface area contributed by atoms with Gasteiger partial charge in [-0.1, -0.05) is 6.07 Å². The van der Waals surface area contributed by atoms with Gasteiger partial charge in [0.05, 0.1) is 18.8 Å². The SMILES string of the molecule is N#Cc1cc(-c2c[nH]c3ncc(C=CC(=O)N4CCCC4)cc23)ccc1OC1CCOCC1. The van der Waals surface area contributed by atoms with Crippen molar-refractivity contribution in [1.82, 2.24) is 14.9 Å². The number of amides is 1. The van der Waals surface area contributed by atoms with Gasteiger partial charge in [-0.25, -0.2) is 4.98 Å². The molecule has 2 fully saturated rings. The van der Waals surface area contributed by atoms with E-state index in [0.717, 1.165) is 66.5 Å². The van der Waals surface area contributed by atoms with Crippen LogP contribution in [0.5, 0.6) is 5.75 Å². The number of benzene rings is 1. The zero-order valence-corrected chi connectivity index (χ0v) is 18.4. The number of hydrogen-bond acceptors (Lipinski definition) is 5. The number of aromatic amines is 1. The summed E-state index contributed by atoms with van der Waals surface area (Å²) in [7, 11) is 0. The number of aromatic nitrogens is 2. The molecule has 3 aromatic rings. The van der Waals surface area contributed by atoms with Crippen molar-refractivity contribution in [3.63, 3.8) is 0 Å². The van der Waals surface area contributed by atoms with E-state index in [9.17, 15) is 10.1 Å². The number of H-pyrrole nitrogens is 1. The van der Waals surface area contributed by atoms with E-state index in [1.165, 1.54) is 0 Å². The highest BCUT2D eigenvalue weighted by Gasteiger charge is 2.18. The molecule has 2 aliphatic rings. The quantitative estimate of drug-likeness (QED) is 0.595. The van der Waals surface area contributed by atoms with Crippen LogP contribution >= 0.6 is 0 Å². The molecule has 0 bridgehead atoms. The molecule has 2 aliphatic heterocycles. The van der Waals surface area contributed by atoms with Crippen molar-refractivity contribution in [2.45, 2.75) is 31.8 Å². The molecule has 4 heterocycles. The van der Waals surface area contributed by atoms with Crippen LogP contribution in [0.1, 0.15) is 36.8 Å². The molecule has 1 N–H and O–H groups in total. The maximum Gasteiger partial charge on any atom is 0.246 e. The number of nitriles is 1. The fourth-order valence-corrected chi connectivity index (χ4v) is 4.42. The Bertz CT molecular complexity index is 1230. The van der Waals surface area contributed by atoms with Gasteiger partial charge < -0.3 is 19.4 Å².